The maximum atomic E-state index is 6.06. The molecule has 1 atom stereocenters. The molecule has 0 aliphatic rings. The molecule has 0 saturated heterocycles. The summed E-state index contributed by atoms with van der Waals surface area (Å²) in [7, 11) is 0. The van der Waals surface area contributed by atoms with Gasteiger partial charge < -0.3 is 11.1 Å². The lowest BCUT2D eigenvalue weighted by Crippen LogP contribution is -2.36. The van der Waals surface area contributed by atoms with Gasteiger partial charge in [-0.3, -0.25) is 0 Å². The Kier molecular flexibility index (Phi) is 4.56. The predicted octanol–water partition coefficient (Wildman–Crippen LogP) is 2.91. The van der Waals surface area contributed by atoms with Gasteiger partial charge in [0.1, 0.15) is 5.82 Å². The summed E-state index contributed by atoms with van der Waals surface area (Å²) >= 11 is 6.06. The summed E-state index contributed by atoms with van der Waals surface area (Å²) in [6.45, 7) is 7.19. The lowest BCUT2D eigenvalue weighted by Gasteiger charge is -2.32. The zero-order chi connectivity index (χ0) is 12.2. The van der Waals surface area contributed by atoms with Crippen LogP contribution in [0.15, 0.2) is 18.3 Å². The van der Waals surface area contributed by atoms with Crippen molar-refractivity contribution in [1.82, 2.24) is 4.98 Å². The van der Waals surface area contributed by atoms with Crippen LogP contribution in [0.4, 0.5) is 5.82 Å². The standard InChI is InChI=1S/C12H20ClN3/c1-12(2,3)10(6-7-14)16-11-9(13)5-4-8-15-11/h4-5,8,10H,6-7,14H2,1-3H3,(H,15,16). The molecule has 0 fully saturated rings. The summed E-state index contributed by atoms with van der Waals surface area (Å²) in [4.78, 5) is 4.23. The van der Waals surface area contributed by atoms with Crippen LogP contribution in [0.5, 0.6) is 0 Å². The van der Waals surface area contributed by atoms with E-state index in [0.717, 1.165) is 12.2 Å². The van der Waals surface area contributed by atoms with E-state index in [1.807, 2.05) is 12.1 Å². The molecule has 90 valence electrons. The molecule has 1 rings (SSSR count). The van der Waals surface area contributed by atoms with Crippen molar-refractivity contribution in [2.24, 2.45) is 11.1 Å². The minimum atomic E-state index is 0.125. The Morgan fingerprint density at radius 2 is 2.19 bits per heavy atom. The molecule has 0 amide bonds. The summed E-state index contributed by atoms with van der Waals surface area (Å²) in [5.74, 6) is 0.734. The monoisotopic (exact) mass is 241 g/mol. The molecule has 3 N–H and O–H groups in total. The zero-order valence-corrected chi connectivity index (χ0v) is 10.9. The topological polar surface area (TPSA) is 50.9 Å². The second kappa shape index (κ2) is 5.51. The highest BCUT2D eigenvalue weighted by Gasteiger charge is 2.24. The first kappa shape index (κ1) is 13.3. The molecule has 0 aromatic carbocycles. The van der Waals surface area contributed by atoms with Crippen molar-refractivity contribution in [1.29, 1.82) is 0 Å². The Labute approximate surface area is 102 Å². The van der Waals surface area contributed by atoms with E-state index in [2.05, 4.69) is 31.1 Å². The van der Waals surface area contributed by atoms with E-state index in [-0.39, 0.29) is 11.5 Å². The third-order valence-electron chi connectivity index (χ3n) is 2.57. The van der Waals surface area contributed by atoms with Crippen LogP contribution >= 0.6 is 11.6 Å². The maximum Gasteiger partial charge on any atom is 0.144 e. The highest BCUT2D eigenvalue weighted by atomic mass is 35.5. The molecule has 0 saturated carbocycles. The van der Waals surface area contributed by atoms with Crippen LogP contribution in [0.3, 0.4) is 0 Å². The number of pyridine rings is 1. The number of rotatable bonds is 4. The van der Waals surface area contributed by atoms with E-state index in [0.29, 0.717) is 11.6 Å². The first-order chi connectivity index (χ1) is 7.45. The number of anilines is 1. The van der Waals surface area contributed by atoms with E-state index in [1.54, 1.807) is 6.20 Å². The van der Waals surface area contributed by atoms with Crippen LogP contribution in [0.25, 0.3) is 0 Å². The Hall–Kier alpha value is -0.800. The molecule has 3 nitrogen and oxygen atoms in total. The highest BCUT2D eigenvalue weighted by Crippen LogP contribution is 2.27. The van der Waals surface area contributed by atoms with E-state index >= 15 is 0 Å². The maximum absolute atomic E-state index is 6.06. The van der Waals surface area contributed by atoms with Crippen LogP contribution in [0.2, 0.25) is 5.02 Å². The molecule has 0 aliphatic carbocycles. The van der Waals surface area contributed by atoms with E-state index in [1.165, 1.54) is 0 Å². The molecule has 16 heavy (non-hydrogen) atoms. The van der Waals surface area contributed by atoms with Crippen LogP contribution in [-0.4, -0.2) is 17.6 Å². The molecule has 0 spiro atoms. The fraction of sp³-hybridized carbons (Fsp3) is 0.583. The van der Waals surface area contributed by atoms with Gasteiger partial charge in [0.15, 0.2) is 0 Å². The van der Waals surface area contributed by atoms with Gasteiger partial charge in [0.2, 0.25) is 0 Å². The number of halogens is 1. The second-order valence-electron chi connectivity index (χ2n) is 4.97. The largest absolute Gasteiger partial charge is 0.366 e. The third kappa shape index (κ3) is 3.65. The van der Waals surface area contributed by atoms with Gasteiger partial charge in [-0.1, -0.05) is 32.4 Å². The Balaban J connectivity index is 2.80. The number of aromatic nitrogens is 1. The summed E-state index contributed by atoms with van der Waals surface area (Å²) in [6.07, 6.45) is 2.63. The minimum Gasteiger partial charge on any atom is -0.366 e. The van der Waals surface area contributed by atoms with E-state index in [9.17, 15) is 0 Å². The fourth-order valence-electron chi connectivity index (χ4n) is 1.55. The summed E-state index contributed by atoms with van der Waals surface area (Å²) in [5.41, 5.74) is 5.75. The third-order valence-corrected chi connectivity index (χ3v) is 2.88. The Morgan fingerprint density at radius 3 is 2.69 bits per heavy atom. The van der Waals surface area contributed by atoms with Gasteiger partial charge in [0, 0.05) is 12.2 Å². The van der Waals surface area contributed by atoms with Crippen LogP contribution < -0.4 is 11.1 Å². The smallest absolute Gasteiger partial charge is 0.144 e. The van der Waals surface area contributed by atoms with E-state index < -0.39 is 0 Å². The van der Waals surface area contributed by atoms with E-state index in [4.69, 9.17) is 17.3 Å². The van der Waals surface area contributed by atoms with Gasteiger partial charge in [-0.15, -0.1) is 0 Å². The lowest BCUT2D eigenvalue weighted by molar-refractivity contribution is 0.328. The van der Waals surface area contributed by atoms with Crippen molar-refractivity contribution in [3.05, 3.63) is 23.4 Å². The summed E-state index contributed by atoms with van der Waals surface area (Å²) in [5, 5.41) is 4.01. The van der Waals surface area contributed by atoms with Crippen LogP contribution in [0, 0.1) is 5.41 Å². The molecule has 1 aromatic heterocycles. The summed E-state index contributed by atoms with van der Waals surface area (Å²) < 4.78 is 0. The van der Waals surface area contributed by atoms with Crippen molar-refractivity contribution >= 4 is 17.4 Å². The Morgan fingerprint density at radius 1 is 1.50 bits per heavy atom. The first-order valence-corrected chi connectivity index (χ1v) is 5.90. The van der Waals surface area contributed by atoms with Crippen molar-refractivity contribution in [3.8, 4) is 0 Å². The van der Waals surface area contributed by atoms with Crippen molar-refractivity contribution in [2.45, 2.75) is 33.2 Å². The second-order valence-corrected chi connectivity index (χ2v) is 5.38. The quantitative estimate of drug-likeness (QED) is 0.852. The van der Waals surface area contributed by atoms with Crippen molar-refractivity contribution < 1.29 is 0 Å². The Bertz CT molecular complexity index is 333. The first-order valence-electron chi connectivity index (χ1n) is 5.52. The van der Waals surface area contributed by atoms with Crippen LogP contribution in [0.1, 0.15) is 27.2 Å². The highest BCUT2D eigenvalue weighted by molar-refractivity contribution is 6.32. The normalized spacial score (nSPS) is 13.6. The van der Waals surface area contributed by atoms with Gasteiger partial charge in [0.25, 0.3) is 0 Å². The van der Waals surface area contributed by atoms with Gasteiger partial charge >= 0.3 is 0 Å². The minimum absolute atomic E-state index is 0.125. The zero-order valence-electron chi connectivity index (χ0n) is 10.1. The number of nitrogens with one attached hydrogen (secondary N) is 1. The molecule has 1 aromatic rings. The predicted molar refractivity (Wildman–Crippen MR) is 69.8 cm³/mol. The van der Waals surface area contributed by atoms with Crippen molar-refractivity contribution in [3.63, 3.8) is 0 Å². The SMILES string of the molecule is CC(C)(C)C(CCN)Nc1ncccc1Cl. The van der Waals surface area contributed by atoms with Crippen LogP contribution in [-0.2, 0) is 0 Å². The lowest BCUT2D eigenvalue weighted by atomic mass is 9.85. The molecular weight excluding hydrogens is 222 g/mol. The van der Waals surface area contributed by atoms with Crippen molar-refractivity contribution in [2.75, 3.05) is 11.9 Å². The molecule has 1 heterocycles. The molecule has 4 heteroatoms. The van der Waals surface area contributed by atoms with Gasteiger partial charge in [0.05, 0.1) is 5.02 Å². The number of hydrogen-bond acceptors (Lipinski definition) is 3. The molecule has 1 unspecified atom stereocenters. The summed E-state index contributed by atoms with van der Waals surface area (Å²) in [6, 6.07) is 3.92. The van der Waals surface area contributed by atoms with Gasteiger partial charge in [-0.2, -0.15) is 0 Å². The molecular formula is C12H20ClN3. The molecule has 0 aliphatic heterocycles. The average Bonchev–Trinajstić information content (AvgIpc) is 2.19. The molecule has 0 radical (unpaired) electrons. The van der Waals surface area contributed by atoms with Gasteiger partial charge in [-0.05, 0) is 30.5 Å². The van der Waals surface area contributed by atoms with Gasteiger partial charge in [-0.25, -0.2) is 4.98 Å². The number of hydrogen-bond donors (Lipinski definition) is 2. The number of nitrogens with two attached hydrogens (primary N) is 1. The molecule has 0 bridgehead atoms. The number of nitrogens with zero attached hydrogens (tertiary/aromatic N) is 1. The fourth-order valence-corrected chi connectivity index (χ4v) is 1.72. The average molecular weight is 242 g/mol.